The van der Waals surface area contributed by atoms with Gasteiger partial charge >= 0.3 is 6.18 Å². The molecule has 11 heteroatoms. The average molecular weight is 445 g/mol. The molecule has 1 saturated heterocycles. The van der Waals surface area contributed by atoms with Crippen LogP contribution in [0.2, 0.25) is 0 Å². The summed E-state index contributed by atoms with van der Waals surface area (Å²) in [5.74, 6) is -1.32. The molecule has 1 amide bonds. The SMILES string of the molecule is COc1cccc2c1N/C(=C1\C(=O)N3NC(C(F)(F)F)C(c4ccccc4)C3N=C1N)O2. The molecule has 8 nitrogen and oxygen atoms in total. The van der Waals surface area contributed by atoms with Crippen LogP contribution in [0, 0.1) is 0 Å². The molecule has 166 valence electrons. The third kappa shape index (κ3) is 3.04. The number of alkyl halides is 3. The lowest BCUT2D eigenvalue weighted by Gasteiger charge is -2.29. The molecule has 0 spiro atoms. The van der Waals surface area contributed by atoms with Crippen LogP contribution in [0.4, 0.5) is 18.9 Å². The predicted octanol–water partition coefficient (Wildman–Crippen LogP) is 2.47. The molecule has 0 bridgehead atoms. The number of carbonyl (C=O) groups is 1. The smallest absolute Gasteiger partial charge is 0.406 e. The van der Waals surface area contributed by atoms with E-state index < -0.39 is 30.2 Å². The Morgan fingerprint density at radius 3 is 2.59 bits per heavy atom. The number of benzene rings is 2. The van der Waals surface area contributed by atoms with Crippen LogP contribution in [0.15, 0.2) is 65.0 Å². The van der Waals surface area contributed by atoms with Crippen molar-refractivity contribution < 1.29 is 27.4 Å². The van der Waals surface area contributed by atoms with Crippen LogP contribution >= 0.6 is 0 Å². The highest BCUT2D eigenvalue weighted by Gasteiger charge is 2.58. The zero-order valence-corrected chi connectivity index (χ0v) is 16.7. The number of nitrogens with one attached hydrogen (secondary N) is 2. The number of amides is 1. The van der Waals surface area contributed by atoms with Gasteiger partial charge in [0.1, 0.15) is 35.1 Å². The number of rotatable bonds is 2. The topological polar surface area (TPSA) is 101 Å². The van der Waals surface area contributed by atoms with Gasteiger partial charge in [-0.2, -0.15) is 13.2 Å². The van der Waals surface area contributed by atoms with Gasteiger partial charge in [-0.25, -0.2) is 15.4 Å². The van der Waals surface area contributed by atoms with Gasteiger partial charge in [-0.3, -0.25) is 4.79 Å². The fraction of sp³-hybridized carbons (Fsp3) is 0.238. The summed E-state index contributed by atoms with van der Waals surface area (Å²) in [5, 5.41) is 3.80. The first kappa shape index (κ1) is 20.2. The van der Waals surface area contributed by atoms with Crippen molar-refractivity contribution in [1.82, 2.24) is 10.4 Å². The van der Waals surface area contributed by atoms with Crippen LogP contribution < -0.4 is 25.9 Å². The maximum Gasteiger partial charge on any atom is 0.406 e. The van der Waals surface area contributed by atoms with Gasteiger partial charge in [-0.1, -0.05) is 36.4 Å². The molecule has 3 heterocycles. The second-order valence-electron chi connectivity index (χ2n) is 7.45. The number of aliphatic imine (C=N–C) groups is 1. The molecule has 3 atom stereocenters. The summed E-state index contributed by atoms with van der Waals surface area (Å²) >= 11 is 0. The third-order valence-electron chi connectivity index (χ3n) is 5.61. The summed E-state index contributed by atoms with van der Waals surface area (Å²) in [6.07, 6.45) is -5.79. The lowest BCUT2D eigenvalue weighted by molar-refractivity contribution is -0.161. The molecule has 0 aliphatic carbocycles. The maximum absolute atomic E-state index is 13.9. The molecule has 5 rings (SSSR count). The number of hydrogen-bond acceptors (Lipinski definition) is 7. The summed E-state index contributed by atoms with van der Waals surface area (Å²) in [6.45, 7) is 0. The number of hydrazine groups is 1. The predicted molar refractivity (Wildman–Crippen MR) is 109 cm³/mol. The zero-order chi connectivity index (χ0) is 22.6. The molecule has 2 aromatic rings. The average Bonchev–Trinajstić information content (AvgIpc) is 3.36. The molecule has 0 radical (unpaired) electrons. The van der Waals surface area contributed by atoms with E-state index in [9.17, 15) is 18.0 Å². The number of ether oxygens (including phenoxy) is 2. The van der Waals surface area contributed by atoms with Gasteiger partial charge in [0.15, 0.2) is 5.75 Å². The number of fused-ring (bicyclic) bond motifs is 2. The molecular weight excluding hydrogens is 427 g/mol. The van der Waals surface area contributed by atoms with Gasteiger partial charge < -0.3 is 20.5 Å². The molecule has 2 aromatic carbocycles. The number of carbonyl (C=O) groups excluding carboxylic acids is 1. The van der Waals surface area contributed by atoms with Crippen molar-refractivity contribution in [1.29, 1.82) is 0 Å². The molecule has 1 fully saturated rings. The Morgan fingerprint density at radius 2 is 1.91 bits per heavy atom. The van der Waals surface area contributed by atoms with Crippen LogP contribution in [0.5, 0.6) is 11.5 Å². The quantitative estimate of drug-likeness (QED) is 0.614. The number of hydrogen-bond donors (Lipinski definition) is 3. The van der Waals surface area contributed by atoms with Crippen molar-refractivity contribution in [2.75, 3.05) is 12.4 Å². The Labute approximate surface area is 180 Å². The fourth-order valence-corrected chi connectivity index (χ4v) is 4.18. The molecular formula is C21H18F3N5O3. The van der Waals surface area contributed by atoms with E-state index in [2.05, 4.69) is 15.7 Å². The fourth-order valence-electron chi connectivity index (χ4n) is 4.18. The van der Waals surface area contributed by atoms with Crippen LogP contribution in [-0.2, 0) is 4.79 Å². The highest BCUT2D eigenvalue weighted by Crippen LogP contribution is 2.45. The number of halogens is 3. The number of para-hydroxylation sites is 1. The summed E-state index contributed by atoms with van der Waals surface area (Å²) in [7, 11) is 1.48. The number of methoxy groups -OCH3 is 1. The summed E-state index contributed by atoms with van der Waals surface area (Å²) in [4.78, 5) is 17.6. The van der Waals surface area contributed by atoms with E-state index in [1.54, 1.807) is 48.5 Å². The Balaban J connectivity index is 1.57. The molecule has 0 aromatic heterocycles. The monoisotopic (exact) mass is 445 g/mol. The van der Waals surface area contributed by atoms with Gasteiger partial charge in [0.2, 0.25) is 5.88 Å². The minimum absolute atomic E-state index is 0.0253. The molecule has 0 saturated carbocycles. The van der Waals surface area contributed by atoms with Crippen molar-refractivity contribution in [3.63, 3.8) is 0 Å². The first-order valence-electron chi connectivity index (χ1n) is 9.70. The molecule has 32 heavy (non-hydrogen) atoms. The second kappa shape index (κ2) is 7.16. The van der Waals surface area contributed by atoms with E-state index in [0.717, 1.165) is 5.01 Å². The van der Waals surface area contributed by atoms with Crippen LogP contribution in [-0.4, -0.2) is 42.2 Å². The number of anilines is 1. The van der Waals surface area contributed by atoms with Crippen molar-refractivity contribution in [3.05, 3.63) is 65.6 Å². The third-order valence-corrected chi connectivity index (χ3v) is 5.61. The molecule has 4 N–H and O–H groups in total. The van der Waals surface area contributed by atoms with Crippen molar-refractivity contribution in [2.24, 2.45) is 10.7 Å². The highest BCUT2D eigenvalue weighted by molar-refractivity contribution is 6.22. The van der Waals surface area contributed by atoms with E-state index in [1.807, 2.05) is 0 Å². The first-order valence-corrected chi connectivity index (χ1v) is 9.70. The standard InChI is InChI=1S/C21H18F3N5O3/c1-31-11-8-5-9-12-15(11)26-19(32-12)14-17(25)27-18-13(10-6-3-2-4-7-10)16(21(22,23)24)28-29(18)20(14)30/h2-9,13,16,18,26,28H,1H3,(H2,25,27)/b19-14+. The van der Waals surface area contributed by atoms with Crippen molar-refractivity contribution >= 4 is 17.4 Å². The second-order valence-corrected chi connectivity index (χ2v) is 7.45. The number of amidine groups is 1. The highest BCUT2D eigenvalue weighted by atomic mass is 19.4. The first-order chi connectivity index (χ1) is 15.3. The Morgan fingerprint density at radius 1 is 1.16 bits per heavy atom. The summed E-state index contributed by atoms with van der Waals surface area (Å²) in [5.41, 5.74) is 9.10. The van der Waals surface area contributed by atoms with E-state index in [0.29, 0.717) is 22.7 Å². The zero-order valence-electron chi connectivity index (χ0n) is 16.7. The molecule has 3 unspecified atom stereocenters. The minimum Gasteiger partial charge on any atom is -0.494 e. The van der Waals surface area contributed by atoms with Crippen LogP contribution in [0.3, 0.4) is 0 Å². The van der Waals surface area contributed by atoms with Gasteiger partial charge in [0.25, 0.3) is 5.91 Å². The van der Waals surface area contributed by atoms with Crippen LogP contribution in [0.25, 0.3) is 0 Å². The van der Waals surface area contributed by atoms with Gasteiger partial charge in [0, 0.05) is 0 Å². The van der Waals surface area contributed by atoms with Crippen LogP contribution in [0.1, 0.15) is 11.5 Å². The van der Waals surface area contributed by atoms with E-state index in [4.69, 9.17) is 15.2 Å². The normalized spacial score (nSPS) is 26.8. The van der Waals surface area contributed by atoms with E-state index in [1.165, 1.54) is 7.11 Å². The molecule has 3 aliphatic heterocycles. The lowest BCUT2D eigenvalue weighted by atomic mass is 9.89. The summed E-state index contributed by atoms with van der Waals surface area (Å²) in [6, 6.07) is 11.1. The van der Waals surface area contributed by atoms with E-state index >= 15 is 0 Å². The Bertz CT molecular complexity index is 1150. The van der Waals surface area contributed by atoms with Gasteiger partial charge in [0.05, 0.1) is 13.0 Å². The van der Waals surface area contributed by atoms with E-state index in [-0.39, 0.29) is 17.3 Å². The van der Waals surface area contributed by atoms with Gasteiger partial charge in [-0.15, -0.1) is 0 Å². The number of nitrogens with two attached hydrogens (primary N) is 1. The Kier molecular flexibility index (Phi) is 4.52. The summed E-state index contributed by atoms with van der Waals surface area (Å²) < 4.78 is 52.6. The number of nitrogens with zero attached hydrogens (tertiary/aromatic N) is 2. The Hall–Kier alpha value is -3.73. The lowest BCUT2D eigenvalue weighted by Crippen LogP contribution is -2.52. The largest absolute Gasteiger partial charge is 0.494 e. The minimum atomic E-state index is -4.62. The van der Waals surface area contributed by atoms with Crippen molar-refractivity contribution in [3.8, 4) is 11.5 Å². The maximum atomic E-state index is 13.9. The molecule has 3 aliphatic rings. The van der Waals surface area contributed by atoms with Gasteiger partial charge in [-0.05, 0) is 17.7 Å². The van der Waals surface area contributed by atoms with Crippen molar-refractivity contribution in [2.45, 2.75) is 24.3 Å².